The van der Waals surface area contributed by atoms with E-state index < -0.39 is 5.91 Å². The summed E-state index contributed by atoms with van der Waals surface area (Å²) in [5, 5.41) is 10.1. The van der Waals surface area contributed by atoms with Crippen LogP contribution in [-0.4, -0.2) is 31.4 Å². The summed E-state index contributed by atoms with van der Waals surface area (Å²) in [5.74, 6) is -0.609. The van der Waals surface area contributed by atoms with Crippen molar-refractivity contribution in [3.8, 4) is 0 Å². The van der Waals surface area contributed by atoms with Gasteiger partial charge < -0.3 is 15.7 Å². The predicted molar refractivity (Wildman–Crippen MR) is 32.8 cm³/mol. The number of hydrogen-bond acceptors (Lipinski definition) is 4. The molecular formula is C4H10N2O3. The van der Waals surface area contributed by atoms with Gasteiger partial charge in [0.15, 0.2) is 0 Å². The molecule has 3 N–H and O–H groups in total. The highest BCUT2D eigenvalue weighted by Gasteiger charge is 1.78. The summed E-state index contributed by atoms with van der Waals surface area (Å²) >= 11 is 0. The molecule has 1 amide bonds. The second-order valence-electron chi connectivity index (χ2n) is 0.819. The number of oxime groups is 1. The van der Waals surface area contributed by atoms with Crippen molar-refractivity contribution in [2.45, 2.75) is 0 Å². The standard InChI is InChI=1S/C3H6N2O2.CH4O/c1-7-5-2-3(4)6;1-2/h2H,1H3,(H2,4,6);2H,1H3. The van der Waals surface area contributed by atoms with Crippen LogP contribution >= 0.6 is 0 Å². The lowest BCUT2D eigenvalue weighted by Crippen LogP contribution is -2.11. The van der Waals surface area contributed by atoms with Gasteiger partial charge in [-0.15, -0.1) is 0 Å². The average molecular weight is 134 g/mol. The fourth-order valence-corrected chi connectivity index (χ4v) is 0.105. The van der Waals surface area contributed by atoms with E-state index in [4.69, 9.17) is 5.11 Å². The molecule has 0 atom stereocenters. The van der Waals surface area contributed by atoms with Gasteiger partial charge in [0, 0.05) is 7.11 Å². The van der Waals surface area contributed by atoms with Crippen LogP contribution in [0, 0.1) is 0 Å². The van der Waals surface area contributed by atoms with E-state index in [0.29, 0.717) is 0 Å². The van der Waals surface area contributed by atoms with Crippen LogP contribution < -0.4 is 5.73 Å². The van der Waals surface area contributed by atoms with Crippen molar-refractivity contribution >= 4 is 12.1 Å². The van der Waals surface area contributed by atoms with Crippen LogP contribution in [0.4, 0.5) is 0 Å². The third-order valence-corrected chi connectivity index (χ3v) is 0.285. The van der Waals surface area contributed by atoms with Gasteiger partial charge in [0.05, 0.1) is 0 Å². The molecule has 9 heavy (non-hydrogen) atoms. The van der Waals surface area contributed by atoms with Gasteiger partial charge in [-0.1, -0.05) is 5.16 Å². The Morgan fingerprint density at radius 1 is 1.78 bits per heavy atom. The highest BCUT2D eigenvalue weighted by atomic mass is 16.6. The largest absolute Gasteiger partial charge is 0.400 e. The van der Waals surface area contributed by atoms with Crippen molar-refractivity contribution in [1.82, 2.24) is 0 Å². The molecule has 0 heterocycles. The molecule has 0 aliphatic carbocycles. The molecule has 0 saturated carbocycles. The van der Waals surface area contributed by atoms with Gasteiger partial charge in [0.25, 0.3) is 5.91 Å². The second kappa shape index (κ2) is 10.0. The lowest BCUT2D eigenvalue weighted by Gasteiger charge is -1.79. The van der Waals surface area contributed by atoms with Crippen LogP contribution in [0.2, 0.25) is 0 Å². The normalized spacial score (nSPS) is 7.89. The zero-order chi connectivity index (χ0) is 7.70. The smallest absolute Gasteiger partial charge is 0.263 e. The molecular weight excluding hydrogens is 124 g/mol. The summed E-state index contributed by atoms with van der Waals surface area (Å²) in [6, 6.07) is 0. The van der Waals surface area contributed by atoms with E-state index in [2.05, 4.69) is 15.7 Å². The first-order chi connectivity index (χ1) is 4.27. The van der Waals surface area contributed by atoms with Crippen molar-refractivity contribution in [1.29, 1.82) is 0 Å². The molecule has 0 aliphatic rings. The van der Waals surface area contributed by atoms with Crippen LogP contribution in [0.15, 0.2) is 5.16 Å². The van der Waals surface area contributed by atoms with Crippen LogP contribution in [0.1, 0.15) is 0 Å². The minimum Gasteiger partial charge on any atom is -0.400 e. The number of hydrogen-bond donors (Lipinski definition) is 2. The van der Waals surface area contributed by atoms with E-state index in [1.54, 1.807) is 0 Å². The monoisotopic (exact) mass is 134 g/mol. The number of rotatable bonds is 2. The van der Waals surface area contributed by atoms with Crippen molar-refractivity contribution in [2.75, 3.05) is 14.2 Å². The first-order valence-electron chi connectivity index (χ1n) is 2.08. The third kappa shape index (κ3) is 19.7. The van der Waals surface area contributed by atoms with Crippen LogP contribution in [-0.2, 0) is 9.63 Å². The highest BCUT2D eigenvalue weighted by molar-refractivity contribution is 6.25. The van der Waals surface area contributed by atoms with E-state index in [9.17, 15) is 4.79 Å². The molecule has 54 valence electrons. The van der Waals surface area contributed by atoms with Gasteiger partial charge in [-0.3, -0.25) is 4.79 Å². The Kier molecular flexibility index (Phi) is 12.0. The maximum atomic E-state index is 9.75. The number of aliphatic hydroxyl groups excluding tert-OH is 1. The summed E-state index contributed by atoms with van der Waals surface area (Å²) in [6.07, 6.45) is 0.889. The fourth-order valence-electron chi connectivity index (χ4n) is 0.105. The Balaban J connectivity index is 0. The number of carbonyl (C=O) groups excluding carboxylic acids is 1. The van der Waals surface area contributed by atoms with Crippen molar-refractivity contribution in [3.63, 3.8) is 0 Å². The number of amides is 1. The molecule has 0 rings (SSSR count). The molecule has 5 heteroatoms. The lowest BCUT2D eigenvalue weighted by atomic mass is 10.7. The van der Waals surface area contributed by atoms with Crippen LogP contribution in [0.25, 0.3) is 0 Å². The number of aliphatic hydroxyl groups is 1. The first kappa shape index (κ1) is 10.8. The van der Waals surface area contributed by atoms with Gasteiger partial charge in [-0.05, 0) is 0 Å². The average Bonchev–Trinajstić information content (AvgIpc) is 1.88. The zero-order valence-corrected chi connectivity index (χ0v) is 5.37. The maximum Gasteiger partial charge on any atom is 0.263 e. The van der Waals surface area contributed by atoms with Gasteiger partial charge in [-0.2, -0.15) is 0 Å². The lowest BCUT2D eigenvalue weighted by molar-refractivity contribution is -0.111. The molecule has 0 spiro atoms. The summed E-state index contributed by atoms with van der Waals surface area (Å²) in [4.78, 5) is 13.9. The van der Waals surface area contributed by atoms with Crippen molar-refractivity contribution in [2.24, 2.45) is 10.9 Å². The van der Waals surface area contributed by atoms with Gasteiger partial charge >= 0.3 is 0 Å². The molecule has 5 nitrogen and oxygen atoms in total. The Labute approximate surface area is 53.1 Å². The molecule has 0 bridgehead atoms. The SMILES string of the molecule is CO.CON=CC(N)=O. The van der Waals surface area contributed by atoms with E-state index in [0.717, 1.165) is 13.3 Å². The molecule has 0 aromatic heterocycles. The molecule has 0 aliphatic heterocycles. The molecule has 0 radical (unpaired) electrons. The number of carbonyl (C=O) groups is 1. The number of nitrogens with two attached hydrogens (primary N) is 1. The Morgan fingerprint density at radius 2 is 2.22 bits per heavy atom. The van der Waals surface area contributed by atoms with Crippen molar-refractivity contribution in [3.05, 3.63) is 0 Å². The molecule has 0 aromatic carbocycles. The third-order valence-electron chi connectivity index (χ3n) is 0.285. The van der Waals surface area contributed by atoms with E-state index in [-0.39, 0.29) is 0 Å². The molecule has 0 unspecified atom stereocenters. The maximum absolute atomic E-state index is 9.75. The number of nitrogens with zero attached hydrogens (tertiary/aromatic N) is 1. The minimum absolute atomic E-state index is 0.609. The Bertz CT molecular complexity index is 91.8. The molecule has 0 fully saturated rings. The van der Waals surface area contributed by atoms with Crippen LogP contribution in [0.5, 0.6) is 0 Å². The highest BCUT2D eigenvalue weighted by Crippen LogP contribution is 1.59. The van der Waals surface area contributed by atoms with Gasteiger partial charge in [0.2, 0.25) is 0 Å². The Hall–Kier alpha value is -1.10. The van der Waals surface area contributed by atoms with E-state index in [1.807, 2.05) is 0 Å². The summed E-state index contributed by atoms with van der Waals surface area (Å²) in [6.45, 7) is 0. The summed E-state index contributed by atoms with van der Waals surface area (Å²) < 4.78 is 0. The minimum atomic E-state index is -0.609. The number of primary amides is 1. The fraction of sp³-hybridized carbons (Fsp3) is 0.500. The van der Waals surface area contributed by atoms with E-state index in [1.165, 1.54) is 7.11 Å². The van der Waals surface area contributed by atoms with Crippen LogP contribution in [0.3, 0.4) is 0 Å². The summed E-state index contributed by atoms with van der Waals surface area (Å²) in [7, 11) is 2.33. The topological polar surface area (TPSA) is 84.9 Å². The Morgan fingerprint density at radius 3 is 2.33 bits per heavy atom. The van der Waals surface area contributed by atoms with Gasteiger partial charge in [0.1, 0.15) is 13.3 Å². The molecule has 0 saturated heterocycles. The first-order valence-corrected chi connectivity index (χ1v) is 2.08. The molecule has 0 aromatic rings. The van der Waals surface area contributed by atoms with E-state index >= 15 is 0 Å². The second-order valence-corrected chi connectivity index (χ2v) is 0.819. The quantitative estimate of drug-likeness (QED) is 0.364. The van der Waals surface area contributed by atoms with Gasteiger partial charge in [-0.25, -0.2) is 0 Å². The van der Waals surface area contributed by atoms with Crippen molar-refractivity contribution < 1.29 is 14.7 Å². The zero-order valence-electron chi connectivity index (χ0n) is 5.37. The summed E-state index contributed by atoms with van der Waals surface area (Å²) in [5.41, 5.74) is 4.61. The predicted octanol–water partition coefficient (Wildman–Crippen LogP) is -1.29.